The van der Waals surface area contributed by atoms with E-state index in [4.69, 9.17) is 9.16 Å². The van der Waals surface area contributed by atoms with Crippen molar-refractivity contribution in [3.8, 4) is 5.75 Å². The lowest BCUT2D eigenvalue weighted by atomic mass is 9.94. The maximum absolute atomic E-state index is 14.4. The summed E-state index contributed by atoms with van der Waals surface area (Å²) in [4.78, 5) is 34.5. The van der Waals surface area contributed by atoms with Gasteiger partial charge < -0.3 is 14.1 Å². The number of pyridine rings is 1. The Kier molecular flexibility index (Phi) is 7.87. The summed E-state index contributed by atoms with van der Waals surface area (Å²) < 4.78 is 26.6. The van der Waals surface area contributed by atoms with Crippen LogP contribution in [0.15, 0.2) is 54.9 Å². The van der Waals surface area contributed by atoms with Crippen LogP contribution >= 0.6 is 0 Å². The number of carbonyl (C=O) groups excluding carboxylic acids is 2. The molecule has 208 valence electrons. The maximum Gasteiger partial charge on any atom is 0.265 e. The molecule has 3 aromatic rings. The van der Waals surface area contributed by atoms with Crippen LogP contribution in [-0.2, 0) is 14.0 Å². The monoisotopic (exact) mass is 551 g/mol. The zero-order chi connectivity index (χ0) is 28.6. The van der Waals surface area contributed by atoms with Gasteiger partial charge in [0.1, 0.15) is 17.1 Å². The average Bonchev–Trinajstić information content (AvgIpc) is 2.86. The zero-order valence-corrected chi connectivity index (χ0v) is 24.9. The zero-order valence-electron chi connectivity index (χ0n) is 23.9. The summed E-state index contributed by atoms with van der Waals surface area (Å²) in [7, 11) is -1.93. The molecule has 0 N–H and O–H groups in total. The van der Waals surface area contributed by atoms with Crippen LogP contribution in [0.25, 0.3) is 10.8 Å². The highest BCUT2D eigenvalue weighted by Gasteiger charge is 2.47. The van der Waals surface area contributed by atoms with Gasteiger partial charge in [0.2, 0.25) is 0 Å². The Balaban J connectivity index is 1.55. The Hall–Kier alpha value is -3.30. The largest absolute Gasteiger partial charge is 0.483 e. The second kappa shape index (κ2) is 10.7. The fourth-order valence-corrected chi connectivity index (χ4v) is 5.68. The van der Waals surface area contributed by atoms with Gasteiger partial charge in [-0.25, -0.2) is 4.39 Å². The van der Waals surface area contributed by atoms with Gasteiger partial charge in [-0.05, 0) is 68.7 Å². The SMILES string of the molecule is CC1(C)C(=O)N(CCCO[Si](C)(C)C(C)(C)C)c2cc(F)ccc2N1C(=O)COc1cccc2cnccc12. The van der Waals surface area contributed by atoms with Gasteiger partial charge in [0, 0.05) is 36.3 Å². The number of rotatable bonds is 8. The first-order valence-electron chi connectivity index (χ1n) is 13.3. The second-order valence-electron chi connectivity index (χ2n) is 12.0. The first kappa shape index (κ1) is 28.7. The van der Waals surface area contributed by atoms with Gasteiger partial charge in [-0.2, -0.15) is 0 Å². The Morgan fingerprint density at radius 2 is 1.85 bits per heavy atom. The minimum absolute atomic E-state index is 0.0809. The third-order valence-electron chi connectivity index (χ3n) is 7.83. The van der Waals surface area contributed by atoms with Gasteiger partial charge in [0.15, 0.2) is 14.9 Å². The standard InChI is InChI=1S/C30H38FN3O4Si/c1-29(2,3)39(6,7)38-17-9-16-33-25-18-22(31)12-13-24(25)34(30(4,5)28(33)36)27(35)20-37-26-11-8-10-21-19-32-15-14-23(21)26/h8,10-15,18-19H,9,16-17,20H2,1-7H3. The molecule has 1 aromatic heterocycles. The molecule has 2 heterocycles. The highest BCUT2D eigenvalue weighted by Crippen LogP contribution is 2.42. The van der Waals surface area contributed by atoms with Gasteiger partial charge in [-0.1, -0.05) is 32.9 Å². The Labute approximate surface area is 231 Å². The van der Waals surface area contributed by atoms with Crippen molar-refractivity contribution in [1.29, 1.82) is 0 Å². The lowest BCUT2D eigenvalue weighted by Gasteiger charge is -2.46. The van der Waals surface area contributed by atoms with Gasteiger partial charge in [0.25, 0.3) is 11.8 Å². The maximum atomic E-state index is 14.4. The molecule has 2 amide bonds. The van der Waals surface area contributed by atoms with Crippen LogP contribution in [-0.4, -0.2) is 50.4 Å². The van der Waals surface area contributed by atoms with Crippen molar-refractivity contribution >= 4 is 42.3 Å². The Morgan fingerprint density at radius 3 is 2.56 bits per heavy atom. The molecular weight excluding hydrogens is 513 g/mol. The predicted octanol–water partition coefficient (Wildman–Crippen LogP) is 6.32. The van der Waals surface area contributed by atoms with Crippen LogP contribution in [0.4, 0.5) is 15.8 Å². The minimum atomic E-state index is -1.93. The third kappa shape index (κ3) is 5.70. The van der Waals surface area contributed by atoms with E-state index in [0.29, 0.717) is 36.7 Å². The van der Waals surface area contributed by atoms with E-state index in [0.717, 1.165) is 10.8 Å². The van der Waals surface area contributed by atoms with E-state index in [1.54, 1.807) is 43.3 Å². The number of carbonyl (C=O) groups is 2. The van der Waals surface area contributed by atoms with Crippen molar-refractivity contribution in [2.45, 2.75) is 64.7 Å². The topological polar surface area (TPSA) is 72.0 Å². The summed E-state index contributed by atoms with van der Waals surface area (Å²) in [5, 5.41) is 1.81. The molecule has 9 heteroatoms. The van der Waals surface area contributed by atoms with E-state index in [1.807, 2.05) is 18.2 Å². The number of benzene rings is 2. The van der Waals surface area contributed by atoms with Gasteiger partial charge in [-0.15, -0.1) is 0 Å². The molecule has 4 rings (SSSR count). The van der Waals surface area contributed by atoms with Crippen LogP contribution in [0, 0.1) is 5.82 Å². The van der Waals surface area contributed by atoms with E-state index < -0.39 is 25.6 Å². The fourth-order valence-electron chi connectivity index (χ4n) is 4.60. The summed E-state index contributed by atoms with van der Waals surface area (Å²) in [5.74, 6) is -0.602. The van der Waals surface area contributed by atoms with Crippen molar-refractivity contribution in [2.24, 2.45) is 0 Å². The molecule has 0 saturated heterocycles. The van der Waals surface area contributed by atoms with Crippen molar-refractivity contribution in [1.82, 2.24) is 4.98 Å². The lowest BCUT2D eigenvalue weighted by molar-refractivity contribution is -0.129. The smallest absolute Gasteiger partial charge is 0.265 e. The summed E-state index contributed by atoms with van der Waals surface area (Å²) in [6.45, 7) is 14.9. The Morgan fingerprint density at radius 1 is 1.10 bits per heavy atom. The summed E-state index contributed by atoms with van der Waals surface area (Å²) in [6, 6.07) is 11.5. The summed E-state index contributed by atoms with van der Waals surface area (Å²) in [5.41, 5.74) is -0.355. The number of nitrogens with zero attached hydrogens (tertiary/aromatic N) is 3. The third-order valence-corrected chi connectivity index (χ3v) is 12.4. The molecule has 0 spiro atoms. The molecule has 1 aliphatic rings. The summed E-state index contributed by atoms with van der Waals surface area (Å²) >= 11 is 0. The van der Waals surface area contributed by atoms with Crippen molar-refractivity contribution in [3.63, 3.8) is 0 Å². The molecule has 0 atom stereocenters. The van der Waals surface area contributed by atoms with Crippen LogP contribution < -0.4 is 14.5 Å². The van der Waals surface area contributed by atoms with Crippen molar-refractivity contribution < 1.29 is 23.1 Å². The first-order valence-corrected chi connectivity index (χ1v) is 16.2. The number of aromatic nitrogens is 1. The number of amides is 2. The molecule has 0 radical (unpaired) electrons. The molecule has 0 bridgehead atoms. The molecular formula is C30H38FN3O4Si. The van der Waals surface area contributed by atoms with Crippen molar-refractivity contribution in [3.05, 3.63) is 60.7 Å². The number of ether oxygens (including phenoxy) is 1. The van der Waals surface area contributed by atoms with Crippen LogP contribution in [0.3, 0.4) is 0 Å². The molecule has 0 fully saturated rings. The average molecular weight is 552 g/mol. The highest BCUT2D eigenvalue weighted by molar-refractivity contribution is 6.74. The fraction of sp³-hybridized carbons (Fsp3) is 0.433. The first-order chi connectivity index (χ1) is 18.2. The van der Waals surface area contributed by atoms with E-state index >= 15 is 0 Å². The quantitative estimate of drug-likeness (QED) is 0.242. The number of halogens is 1. The van der Waals surface area contributed by atoms with E-state index in [9.17, 15) is 14.0 Å². The lowest BCUT2D eigenvalue weighted by Crippen LogP contribution is -2.63. The van der Waals surface area contributed by atoms with Crippen LogP contribution in [0.5, 0.6) is 5.75 Å². The van der Waals surface area contributed by atoms with Gasteiger partial charge in [0.05, 0.1) is 11.4 Å². The molecule has 39 heavy (non-hydrogen) atoms. The van der Waals surface area contributed by atoms with E-state index in [1.165, 1.54) is 17.0 Å². The highest BCUT2D eigenvalue weighted by atomic mass is 28.4. The molecule has 0 unspecified atom stereocenters. The summed E-state index contributed by atoms with van der Waals surface area (Å²) in [6.07, 6.45) is 3.99. The van der Waals surface area contributed by atoms with E-state index in [-0.39, 0.29) is 17.6 Å². The number of anilines is 2. The normalized spacial score (nSPS) is 15.4. The number of hydrogen-bond donors (Lipinski definition) is 0. The molecule has 0 saturated carbocycles. The van der Waals surface area contributed by atoms with E-state index in [2.05, 4.69) is 38.8 Å². The minimum Gasteiger partial charge on any atom is -0.483 e. The molecule has 7 nitrogen and oxygen atoms in total. The molecule has 1 aliphatic heterocycles. The number of fused-ring (bicyclic) bond motifs is 2. The number of hydrogen-bond acceptors (Lipinski definition) is 5. The predicted molar refractivity (Wildman–Crippen MR) is 155 cm³/mol. The van der Waals surface area contributed by atoms with Crippen molar-refractivity contribution in [2.75, 3.05) is 29.6 Å². The molecule has 2 aromatic carbocycles. The molecule has 0 aliphatic carbocycles. The van der Waals surface area contributed by atoms with Crippen LogP contribution in [0.2, 0.25) is 18.1 Å². The van der Waals surface area contributed by atoms with Gasteiger partial charge in [-0.3, -0.25) is 19.5 Å². The second-order valence-corrected chi connectivity index (χ2v) is 16.8. The van der Waals surface area contributed by atoms with Crippen LogP contribution in [0.1, 0.15) is 41.0 Å². The Bertz CT molecular complexity index is 1380. The van der Waals surface area contributed by atoms with Gasteiger partial charge >= 0.3 is 0 Å².